The molecule has 0 saturated heterocycles. The van der Waals surface area contributed by atoms with Crippen LogP contribution in [0.15, 0.2) is 54.6 Å². The summed E-state index contributed by atoms with van der Waals surface area (Å²) in [5, 5.41) is 0. The maximum Gasteiger partial charge on any atom is 0.232 e. The third-order valence-electron chi connectivity index (χ3n) is 4.15. The molecule has 1 heterocycles. The average molecular weight is 369 g/mol. The third kappa shape index (κ3) is 4.14. The Bertz CT molecular complexity index is 979. The van der Waals surface area contributed by atoms with Crippen LogP contribution in [0.25, 0.3) is 22.6 Å². The number of aromatic nitrogens is 2. The van der Waals surface area contributed by atoms with Crippen LogP contribution in [0.5, 0.6) is 0 Å². The molecule has 0 aliphatic heterocycles. The van der Waals surface area contributed by atoms with Crippen molar-refractivity contribution in [3.63, 3.8) is 0 Å². The van der Waals surface area contributed by atoms with E-state index in [-0.39, 0.29) is 5.75 Å². The van der Waals surface area contributed by atoms with Gasteiger partial charge in [-0.3, -0.25) is 4.72 Å². The van der Waals surface area contributed by atoms with Crippen molar-refractivity contribution in [2.24, 2.45) is 0 Å². The Morgan fingerprint density at radius 1 is 1.04 bits per heavy atom. The summed E-state index contributed by atoms with van der Waals surface area (Å²) in [4.78, 5) is 8.01. The molecule has 26 heavy (non-hydrogen) atoms. The molecule has 0 unspecified atom stereocenters. The summed E-state index contributed by atoms with van der Waals surface area (Å²) in [7, 11) is -3.37. The molecular weight excluding hydrogens is 346 g/mol. The molecule has 0 saturated carbocycles. The smallest absolute Gasteiger partial charge is 0.232 e. The van der Waals surface area contributed by atoms with Crippen LogP contribution in [0.1, 0.15) is 25.5 Å². The van der Waals surface area contributed by atoms with E-state index < -0.39 is 10.0 Å². The van der Waals surface area contributed by atoms with Crippen LogP contribution in [-0.4, -0.2) is 24.1 Å². The topological polar surface area (TPSA) is 74.8 Å². The van der Waals surface area contributed by atoms with Gasteiger partial charge in [-0.25, -0.2) is 13.4 Å². The second-order valence-corrected chi connectivity index (χ2v) is 8.09. The number of aryl methyl sites for hydroxylation is 1. The minimum Gasteiger partial charge on any atom is -0.342 e. The van der Waals surface area contributed by atoms with Crippen molar-refractivity contribution >= 4 is 15.7 Å². The van der Waals surface area contributed by atoms with Crippen molar-refractivity contribution < 1.29 is 8.42 Å². The zero-order chi connectivity index (χ0) is 18.6. The Labute approximate surface area is 154 Å². The molecule has 0 bridgehead atoms. The molecule has 5 nitrogen and oxygen atoms in total. The molecular formula is C20H23N3O2S. The average Bonchev–Trinajstić information content (AvgIpc) is 3.02. The minimum absolute atomic E-state index is 0.118. The number of aromatic amines is 1. The molecule has 0 spiro atoms. The first-order valence-electron chi connectivity index (χ1n) is 8.72. The summed E-state index contributed by atoms with van der Waals surface area (Å²) in [5.74, 6) is 0.883. The summed E-state index contributed by atoms with van der Waals surface area (Å²) in [5.41, 5.74) is 3.95. The molecule has 136 valence electrons. The van der Waals surface area contributed by atoms with Crippen LogP contribution in [0, 0.1) is 6.92 Å². The number of nitrogens with zero attached hydrogens (tertiary/aromatic N) is 1. The predicted molar refractivity (Wildman–Crippen MR) is 107 cm³/mol. The summed E-state index contributed by atoms with van der Waals surface area (Å²) in [6.45, 7) is 3.92. The van der Waals surface area contributed by atoms with Gasteiger partial charge in [0.2, 0.25) is 10.0 Å². The Hall–Kier alpha value is -2.60. The van der Waals surface area contributed by atoms with Gasteiger partial charge in [0, 0.05) is 16.8 Å². The number of anilines is 1. The Morgan fingerprint density at radius 2 is 1.73 bits per heavy atom. The zero-order valence-electron chi connectivity index (χ0n) is 15.0. The van der Waals surface area contributed by atoms with Crippen molar-refractivity contribution in [1.29, 1.82) is 0 Å². The van der Waals surface area contributed by atoms with Crippen LogP contribution in [0.3, 0.4) is 0 Å². The van der Waals surface area contributed by atoms with E-state index in [2.05, 4.69) is 9.71 Å². The van der Waals surface area contributed by atoms with Gasteiger partial charge in [-0.1, -0.05) is 61.9 Å². The van der Waals surface area contributed by atoms with Crippen molar-refractivity contribution in [1.82, 2.24) is 9.97 Å². The maximum absolute atomic E-state index is 12.3. The van der Waals surface area contributed by atoms with Crippen molar-refractivity contribution in [3.05, 3.63) is 60.3 Å². The largest absolute Gasteiger partial charge is 0.342 e. The fraction of sp³-hybridized carbons (Fsp3) is 0.250. The minimum atomic E-state index is -3.37. The van der Waals surface area contributed by atoms with Gasteiger partial charge < -0.3 is 4.98 Å². The lowest BCUT2D eigenvalue weighted by atomic mass is 10.1. The monoisotopic (exact) mass is 369 g/mol. The highest BCUT2D eigenvalue weighted by atomic mass is 32.2. The normalized spacial score (nSPS) is 11.5. The second-order valence-electron chi connectivity index (χ2n) is 6.25. The van der Waals surface area contributed by atoms with Crippen molar-refractivity contribution in [3.8, 4) is 22.6 Å². The van der Waals surface area contributed by atoms with E-state index >= 15 is 0 Å². The van der Waals surface area contributed by atoms with Crippen LogP contribution < -0.4 is 4.72 Å². The van der Waals surface area contributed by atoms with E-state index in [1.807, 2.05) is 62.4 Å². The summed E-state index contributed by atoms with van der Waals surface area (Å²) < 4.78 is 27.3. The molecule has 1 aromatic heterocycles. The number of nitrogens with one attached hydrogen (secondary N) is 2. The lowest BCUT2D eigenvalue weighted by Crippen LogP contribution is -2.17. The molecule has 3 aromatic rings. The van der Waals surface area contributed by atoms with E-state index in [0.29, 0.717) is 12.1 Å². The number of rotatable bonds is 7. The highest BCUT2D eigenvalue weighted by Gasteiger charge is 2.17. The van der Waals surface area contributed by atoms with Crippen LogP contribution in [0.2, 0.25) is 0 Å². The highest BCUT2D eigenvalue weighted by molar-refractivity contribution is 7.92. The second kappa shape index (κ2) is 7.74. The summed E-state index contributed by atoms with van der Waals surface area (Å²) in [6.07, 6.45) is 1.47. The van der Waals surface area contributed by atoms with E-state index in [1.165, 1.54) is 0 Å². The lowest BCUT2D eigenvalue weighted by molar-refractivity contribution is 0.598. The van der Waals surface area contributed by atoms with Gasteiger partial charge >= 0.3 is 0 Å². The molecule has 2 N–H and O–H groups in total. The Kier molecular flexibility index (Phi) is 5.42. The molecule has 2 aromatic carbocycles. The lowest BCUT2D eigenvalue weighted by Gasteiger charge is -2.11. The Morgan fingerprint density at radius 3 is 2.46 bits per heavy atom. The van der Waals surface area contributed by atoms with E-state index in [9.17, 15) is 8.42 Å². The summed E-state index contributed by atoms with van der Waals surface area (Å²) >= 11 is 0. The van der Waals surface area contributed by atoms with Crippen LogP contribution >= 0.6 is 0 Å². The van der Waals surface area contributed by atoms with Crippen molar-refractivity contribution in [2.45, 2.75) is 26.7 Å². The molecule has 6 heteroatoms. The molecule has 0 aliphatic carbocycles. The highest BCUT2D eigenvalue weighted by Crippen LogP contribution is 2.31. The van der Waals surface area contributed by atoms with E-state index in [4.69, 9.17) is 4.98 Å². The predicted octanol–water partition coefficient (Wildman–Crippen LogP) is 4.59. The maximum atomic E-state index is 12.3. The number of sulfonamides is 1. The number of benzene rings is 2. The number of hydrogen-bond donors (Lipinski definition) is 2. The van der Waals surface area contributed by atoms with Gasteiger partial charge in [-0.15, -0.1) is 0 Å². The molecule has 0 amide bonds. The number of imidazole rings is 1. The summed E-state index contributed by atoms with van der Waals surface area (Å²) in [6, 6.07) is 17.2. The third-order valence-corrected chi connectivity index (χ3v) is 5.50. The molecule has 0 radical (unpaired) electrons. The first kappa shape index (κ1) is 18.2. The van der Waals surface area contributed by atoms with Gasteiger partial charge in [0.05, 0.1) is 17.1 Å². The first-order chi connectivity index (χ1) is 12.5. The van der Waals surface area contributed by atoms with Gasteiger partial charge in [-0.2, -0.15) is 0 Å². The number of para-hydroxylation sites is 1. The number of H-pyrrole nitrogens is 1. The van der Waals surface area contributed by atoms with Gasteiger partial charge in [-0.05, 0) is 19.4 Å². The fourth-order valence-electron chi connectivity index (χ4n) is 2.79. The van der Waals surface area contributed by atoms with Gasteiger partial charge in [0.15, 0.2) is 0 Å². The number of hydrogen-bond acceptors (Lipinski definition) is 3. The first-order valence-corrected chi connectivity index (χ1v) is 10.4. The van der Waals surface area contributed by atoms with Crippen LogP contribution in [0.4, 0.5) is 5.69 Å². The zero-order valence-corrected chi connectivity index (χ0v) is 15.8. The Balaban J connectivity index is 1.97. The molecule has 0 aliphatic rings. The molecule has 0 fully saturated rings. The van der Waals surface area contributed by atoms with E-state index in [0.717, 1.165) is 34.8 Å². The standard InChI is InChI=1S/C20H23N3O2S/c1-3-4-14-26(24,25)23-18-13-9-8-12-17(18)19-15(2)21-20(22-19)16-10-6-5-7-11-16/h5-13,23H,3-4,14H2,1-2H3,(H,21,22). The van der Waals surface area contributed by atoms with Crippen molar-refractivity contribution in [2.75, 3.05) is 10.5 Å². The number of unbranched alkanes of at least 4 members (excludes halogenated alkanes) is 1. The van der Waals surface area contributed by atoms with Crippen LogP contribution in [-0.2, 0) is 10.0 Å². The molecule has 3 rings (SSSR count). The molecule has 0 atom stereocenters. The quantitative estimate of drug-likeness (QED) is 0.639. The van der Waals surface area contributed by atoms with E-state index in [1.54, 1.807) is 6.07 Å². The van der Waals surface area contributed by atoms with Gasteiger partial charge in [0.25, 0.3) is 0 Å². The SMILES string of the molecule is CCCCS(=O)(=O)Nc1ccccc1-c1nc(-c2ccccc2)[nH]c1C. The fourth-order valence-corrected chi connectivity index (χ4v) is 4.07. The van der Waals surface area contributed by atoms with Gasteiger partial charge in [0.1, 0.15) is 5.82 Å².